The van der Waals surface area contributed by atoms with E-state index in [0.717, 1.165) is 46.0 Å². The molecule has 178 valence electrons. The minimum absolute atomic E-state index is 0.480. The quantitative estimate of drug-likeness (QED) is 0.244. The largest absolute Gasteiger partial charge is 0.441 e. The van der Waals surface area contributed by atoms with Gasteiger partial charge >= 0.3 is 0 Å². The molecule has 0 N–H and O–H groups in total. The van der Waals surface area contributed by atoms with Crippen LogP contribution in [0.2, 0.25) is 0 Å². The number of fused-ring (bicyclic) bond motifs is 2. The molecule has 36 heavy (non-hydrogen) atoms. The Hall–Kier alpha value is -4.18. The average molecular weight is 473 g/mol. The van der Waals surface area contributed by atoms with Crippen molar-refractivity contribution in [1.82, 2.24) is 9.55 Å². The fourth-order valence-corrected chi connectivity index (χ4v) is 5.15. The summed E-state index contributed by atoms with van der Waals surface area (Å²) in [6.45, 7) is 6.54. The lowest BCUT2D eigenvalue weighted by molar-refractivity contribution is -0.633. The molecule has 4 aromatic carbocycles. The van der Waals surface area contributed by atoms with Crippen LogP contribution in [0, 0.1) is 12.8 Å². The lowest BCUT2D eigenvalue weighted by Gasteiger charge is -2.08. The molecule has 0 fully saturated rings. The summed E-state index contributed by atoms with van der Waals surface area (Å²) >= 11 is 0. The molecule has 6 rings (SSSR count). The molecule has 0 unspecified atom stereocenters. The van der Waals surface area contributed by atoms with E-state index in [1.165, 1.54) is 22.2 Å². The van der Waals surface area contributed by atoms with Crippen molar-refractivity contribution in [2.75, 3.05) is 0 Å². The molecule has 2 aromatic heterocycles. The van der Waals surface area contributed by atoms with Crippen LogP contribution in [-0.2, 0) is 13.5 Å². The zero-order valence-electron chi connectivity index (χ0n) is 21.2. The van der Waals surface area contributed by atoms with Gasteiger partial charge in [-0.15, -0.1) is 0 Å². The summed E-state index contributed by atoms with van der Waals surface area (Å²) in [6, 6.07) is 32.1. The Balaban J connectivity index is 1.61. The van der Waals surface area contributed by atoms with E-state index in [1.54, 1.807) is 0 Å². The van der Waals surface area contributed by atoms with E-state index in [-0.39, 0.29) is 0 Å². The average Bonchev–Trinajstić information content (AvgIpc) is 3.42. The second-order valence-corrected chi connectivity index (χ2v) is 9.93. The Kier molecular flexibility index (Phi) is 5.45. The lowest BCUT2D eigenvalue weighted by atomic mass is 10.0. The highest BCUT2D eigenvalue weighted by atomic mass is 16.3. The van der Waals surface area contributed by atoms with Gasteiger partial charge < -0.3 is 4.42 Å². The van der Waals surface area contributed by atoms with Crippen LogP contribution in [0.3, 0.4) is 0 Å². The second-order valence-electron chi connectivity index (χ2n) is 9.93. The second kappa shape index (κ2) is 8.80. The molecular formula is C32H30N3O+. The van der Waals surface area contributed by atoms with Crippen molar-refractivity contribution in [3.05, 3.63) is 102 Å². The van der Waals surface area contributed by atoms with Gasteiger partial charge in [0.15, 0.2) is 22.5 Å². The van der Waals surface area contributed by atoms with Crippen molar-refractivity contribution in [2.45, 2.75) is 27.2 Å². The minimum Gasteiger partial charge on any atom is -0.441 e. The molecule has 4 heteroatoms. The normalized spacial score (nSPS) is 11.7. The minimum atomic E-state index is 0.480. The van der Waals surface area contributed by atoms with Crippen molar-refractivity contribution in [2.24, 2.45) is 13.0 Å². The summed E-state index contributed by atoms with van der Waals surface area (Å²) in [5.41, 5.74) is 9.90. The first-order chi connectivity index (χ1) is 17.5. The smallest absolute Gasteiger partial charge is 0.297 e. The highest BCUT2D eigenvalue weighted by Gasteiger charge is 2.30. The summed E-state index contributed by atoms with van der Waals surface area (Å²) in [7, 11) is 2.14. The van der Waals surface area contributed by atoms with Gasteiger partial charge in [-0.25, -0.2) is 9.55 Å². The highest BCUT2D eigenvalue weighted by molar-refractivity contribution is 5.92. The Labute approximate surface area is 211 Å². The molecule has 0 atom stereocenters. The molecule has 2 heterocycles. The Morgan fingerprint density at radius 3 is 2.28 bits per heavy atom. The number of para-hydroxylation sites is 2. The number of nitrogens with zero attached hydrogens (tertiary/aromatic N) is 3. The van der Waals surface area contributed by atoms with Crippen LogP contribution in [0.5, 0.6) is 0 Å². The number of oxazole rings is 1. The fraction of sp³-hybridized carbons (Fsp3) is 0.188. The molecule has 0 saturated carbocycles. The van der Waals surface area contributed by atoms with Gasteiger partial charge in [0.05, 0.1) is 12.6 Å². The standard InChI is InChI=1S/C32H30N3O/c1-21(2)20-29-33-31-28(36-29)19-14-22(3)30(31)32-34(4)26-12-8-9-13-27(26)35(32)25-17-15-24(16-18-25)23-10-6-5-7-11-23/h5-19,21H,20H2,1-4H3/q+1. The van der Waals surface area contributed by atoms with Crippen LogP contribution >= 0.6 is 0 Å². The molecule has 0 spiro atoms. The highest BCUT2D eigenvalue weighted by Crippen LogP contribution is 2.35. The van der Waals surface area contributed by atoms with Gasteiger partial charge in [0, 0.05) is 6.42 Å². The van der Waals surface area contributed by atoms with E-state index in [0.29, 0.717) is 5.92 Å². The van der Waals surface area contributed by atoms with Crippen LogP contribution in [0.4, 0.5) is 0 Å². The van der Waals surface area contributed by atoms with Crippen LogP contribution in [0.25, 0.3) is 50.3 Å². The van der Waals surface area contributed by atoms with Crippen LogP contribution in [0.1, 0.15) is 25.3 Å². The van der Waals surface area contributed by atoms with E-state index in [2.05, 4.69) is 122 Å². The summed E-state index contributed by atoms with van der Waals surface area (Å²) in [4.78, 5) is 5.00. The van der Waals surface area contributed by atoms with E-state index in [1.807, 2.05) is 6.07 Å². The molecule has 0 radical (unpaired) electrons. The predicted molar refractivity (Wildman–Crippen MR) is 146 cm³/mol. The first-order valence-electron chi connectivity index (χ1n) is 12.6. The van der Waals surface area contributed by atoms with Crippen LogP contribution in [-0.4, -0.2) is 9.55 Å². The van der Waals surface area contributed by atoms with Crippen LogP contribution < -0.4 is 4.57 Å². The monoisotopic (exact) mass is 472 g/mol. The SMILES string of the molecule is Cc1ccc2oc(CC(C)C)nc2c1-c1n(-c2ccc(-c3ccccc3)cc2)c2ccccc2[n+]1C. The summed E-state index contributed by atoms with van der Waals surface area (Å²) in [5.74, 6) is 2.37. The summed E-state index contributed by atoms with van der Waals surface area (Å²) < 4.78 is 10.8. The number of imidazole rings is 1. The van der Waals surface area contributed by atoms with Crippen molar-refractivity contribution in [3.63, 3.8) is 0 Å². The lowest BCUT2D eigenvalue weighted by Crippen LogP contribution is -2.30. The first kappa shape index (κ1) is 22.3. The Bertz CT molecular complexity index is 1690. The molecule has 0 aliphatic heterocycles. The Morgan fingerprint density at radius 2 is 1.53 bits per heavy atom. The van der Waals surface area contributed by atoms with E-state index in [9.17, 15) is 0 Å². The number of hydrogen-bond acceptors (Lipinski definition) is 2. The third-order valence-electron chi connectivity index (χ3n) is 6.87. The van der Waals surface area contributed by atoms with Gasteiger partial charge in [0.25, 0.3) is 5.82 Å². The molecule has 0 amide bonds. The number of benzene rings is 4. The maximum Gasteiger partial charge on any atom is 0.297 e. The van der Waals surface area contributed by atoms with Crippen molar-refractivity contribution in [1.29, 1.82) is 0 Å². The van der Waals surface area contributed by atoms with Gasteiger partial charge in [-0.05, 0) is 59.9 Å². The third-order valence-corrected chi connectivity index (χ3v) is 6.87. The third kappa shape index (κ3) is 3.70. The maximum atomic E-state index is 6.19. The van der Waals surface area contributed by atoms with Crippen molar-refractivity contribution < 1.29 is 8.98 Å². The molecular weight excluding hydrogens is 442 g/mol. The van der Waals surface area contributed by atoms with Gasteiger partial charge in [0.1, 0.15) is 11.2 Å². The number of hydrogen-bond donors (Lipinski definition) is 0. The number of rotatable bonds is 5. The van der Waals surface area contributed by atoms with Gasteiger partial charge in [-0.2, -0.15) is 4.57 Å². The molecule has 0 aliphatic rings. The molecule has 0 bridgehead atoms. The van der Waals surface area contributed by atoms with E-state index >= 15 is 0 Å². The fourth-order valence-electron chi connectivity index (χ4n) is 5.15. The number of aryl methyl sites for hydroxylation is 2. The van der Waals surface area contributed by atoms with Gasteiger partial charge in [-0.1, -0.05) is 74.5 Å². The molecule has 4 nitrogen and oxygen atoms in total. The maximum absolute atomic E-state index is 6.19. The summed E-state index contributed by atoms with van der Waals surface area (Å²) in [6.07, 6.45) is 0.823. The number of aromatic nitrogens is 3. The topological polar surface area (TPSA) is 34.8 Å². The molecule has 0 aliphatic carbocycles. The van der Waals surface area contributed by atoms with Crippen LogP contribution in [0.15, 0.2) is 95.4 Å². The predicted octanol–water partition coefficient (Wildman–Crippen LogP) is 7.44. The molecule has 0 saturated heterocycles. The van der Waals surface area contributed by atoms with E-state index < -0.39 is 0 Å². The van der Waals surface area contributed by atoms with Gasteiger partial charge in [0.2, 0.25) is 0 Å². The molecule has 6 aromatic rings. The zero-order valence-corrected chi connectivity index (χ0v) is 21.2. The Morgan fingerprint density at radius 1 is 0.833 bits per heavy atom. The van der Waals surface area contributed by atoms with Crippen molar-refractivity contribution >= 4 is 22.1 Å². The van der Waals surface area contributed by atoms with Gasteiger partial charge in [-0.3, -0.25) is 0 Å². The zero-order chi connectivity index (χ0) is 24.8. The summed E-state index contributed by atoms with van der Waals surface area (Å²) in [5, 5.41) is 0. The van der Waals surface area contributed by atoms with Crippen molar-refractivity contribution in [3.8, 4) is 28.2 Å². The van der Waals surface area contributed by atoms with E-state index in [4.69, 9.17) is 9.40 Å². The first-order valence-corrected chi connectivity index (χ1v) is 12.6.